The van der Waals surface area contributed by atoms with E-state index in [9.17, 15) is 4.79 Å². The van der Waals surface area contributed by atoms with Crippen LogP contribution in [0.4, 0.5) is 4.79 Å². The Morgan fingerprint density at radius 1 is 1.50 bits per heavy atom. The van der Waals surface area contributed by atoms with Crippen molar-refractivity contribution in [2.75, 3.05) is 26.8 Å². The first-order chi connectivity index (χ1) is 7.36. The molecule has 1 amide bonds. The molecule has 0 radical (unpaired) electrons. The third kappa shape index (κ3) is 2.17. The van der Waals surface area contributed by atoms with E-state index >= 15 is 0 Å². The molecule has 16 heavy (non-hydrogen) atoms. The van der Waals surface area contributed by atoms with Gasteiger partial charge < -0.3 is 14.4 Å². The summed E-state index contributed by atoms with van der Waals surface area (Å²) in [7, 11) is 1.72. The van der Waals surface area contributed by atoms with Crippen molar-refractivity contribution in [1.29, 1.82) is 0 Å². The predicted molar refractivity (Wildman–Crippen MR) is 60.2 cm³/mol. The largest absolute Gasteiger partial charge is 0.444 e. The summed E-state index contributed by atoms with van der Waals surface area (Å²) in [6.45, 7) is 8.07. The van der Waals surface area contributed by atoms with Crippen molar-refractivity contribution in [2.24, 2.45) is 11.3 Å². The predicted octanol–water partition coefficient (Wildman–Crippen LogP) is 1.89. The van der Waals surface area contributed by atoms with E-state index in [0.29, 0.717) is 5.92 Å². The Labute approximate surface area is 96.9 Å². The minimum Gasteiger partial charge on any atom is -0.444 e. The number of rotatable bonds is 2. The molecular weight excluding hydrogens is 206 g/mol. The average Bonchev–Trinajstić information content (AvgIpc) is 2.65. The van der Waals surface area contributed by atoms with Crippen LogP contribution in [0, 0.1) is 11.3 Å². The second-order valence-corrected chi connectivity index (χ2v) is 6.06. The molecule has 2 aliphatic rings. The van der Waals surface area contributed by atoms with Crippen molar-refractivity contribution in [3.8, 4) is 0 Å². The number of amides is 1. The Hall–Kier alpha value is -0.770. The molecule has 1 saturated heterocycles. The van der Waals surface area contributed by atoms with Crippen molar-refractivity contribution in [2.45, 2.75) is 32.8 Å². The van der Waals surface area contributed by atoms with Crippen LogP contribution in [0.2, 0.25) is 0 Å². The fourth-order valence-corrected chi connectivity index (χ4v) is 2.57. The summed E-state index contributed by atoms with van der Waals surface area (Å²) in [5.74, 6) is 0.625. The minimum absolute atomic E-state index is 0.185. The number of hydrogen-bond acceptors (Lipinski definition) is 3. The second kappa shape index (κ2) is 3.62. The number of likely N-dealkylation sites (tertiary alicyclic amines) is 1. The molecule has 0 bridgehead atoms. The smallest absolute Gasteiger partial charge is 0.410 e. The number of hydrogen-bond donors (Lipinski definition) is 0. The van der Waals surface area contributed by atoms with Gasteiger partial charge in [-0.2, -0.15) is 0 Å². The molecule has 0 spiro atoms. The highest BCUT2D eigenvalue weighted by Crippen LogP contribution is 2.57. The maximum absolute atomic E-state index is 11.8. The van der Waals surface area contributed by atoms with Gasteiger partial charge in [0, 0.05) is 25.6 Å². The lowest BCUT2D eigenvalue weighted by Gasteiger charge is -2.26. The van der Waals surface area contributed by atoms with Gasteiger partial charge in [-0.05, 0) is 33.1 Å². The van der Waals surface area contributed by atoms with E-state index in [4.69, 9.17) is 9.47 Å². The Kier molecular flexibility index (Phi) is 2.65. The van der Waals surface area contributed by atoms with Crippen LogP contribution in [0.5, 0.6) is 0 Å². The van der Waals surface area contributed by atoms with Crippen LogP contribution in [-0.4, -0.2) is 43.4 Å². The molecule has 0 N–H and O–H groups in total. The van der Waals surface area contributed by atoms with Crippen LogP contribution in [0.3, 0.4) is 0 Å². The van der Waals surface area contributed by atoms with Crippen LogP contribution in [0.25, 0.3) is 0 Å². The van der Waals surface area contributed by atoms with E-state index in [1.165, 1.54) is 6.42 Å². The molecular formula is C12H21NO3. The van der Waals surface area contributed by atoms with Crippen LogP contribution in [0.1, 0.15) is 27.2 Å². The highest BCUT2D eigenvalue weighted by Gasteiger charge is 2.61. The molecule has 0 aromatic rings. The summed E-state index contributed by atoms with van der Waals surface area (Å²) >= 11 is 0. The van der Waals surface area contributed by atoms with E-state index in [2.05, 4.69) is 0 Å². The van der Waals surface area contributed by atoms with Crippen molar-refractivity contribution in [1.82, 2.24) is 4.90 Å². The monoisotopic (exact) mass is 227 g/mol. The van der Waals surface area contributed by atoms with Gasteiger partial charge in [0.1, 0.15) is 5.60 Å². The summed E-state index contributed by atoms with van der Waals surface area (Å²) in [4.78, 5) is 13.7. The summed E-state index contributed by atoms with van der Waals surface area (Å²) < 4.78 is 10.6. The molecule has 2 fully saturated rings. The Balaban J connectivity index is 1.88. The quantitative estimate of drug-likeness (QED) is 0.723. The van der Waals surface area contributed by atoms with Gasteiger partial charge in [-0.3, -0.25) is 0 Å². The van der Waals surface area contributed by atoms with Crippen LogP contribution < -0.4 is 0 Å². The van der Waals surface area contributed by atoms with Crippen molar-refractivity contribution in [3.05, 3.63) is 0 Å². The number of carbonyl (C=O) groups excluding carboxylic acids is 1. The molecule has 92 valence electrons. The number of fused-ring (bicyclic) bond motifs is 1. The first-order valence-electron chi connectivity index (χ1n) is 5.83. The summed E-state index contributed by atoms with van der Waals surface area (Å²) in [5.41, 5.74) is -0.163. The van der Waals surface area contributed by atoms with E-state index in [1.54, 1.807) is 7.11 Å². The molecule has 1 aliphatic heterocycles. The summed E-state index contributed by atoms with van der Waals surface area (Å²) in [6, 6.07) is 0. The van der Waals surface area contributed by atoms with Crippen molar-refractivity contribution >= 4 is 6.09 Å². The molecule has 2 atom stereocenters. The minimum atomic E-state index is -0.404. The van der Waals surface area contributed by atoms with Crippen LogP contribution in [-0.2, 0) is 9.47 Å². The zero-order valence-electron chi connectivity index (χ0n) is 10.6. The lowest BCUT2D eigenvalue weighted by atomic mass is 10.1. The Bertz CT molecular complexity index is 297. The number of piperidine rings is 1. The number of carbonyl (C=O) groups is 1. The van der Waals surface area contributed by atoms with Gasteiger partial charge in [-0.15, -0.1) is 0 Å². The molecule has 0 aromatic carbocycles. The summed E-state index contributed by atoms with van der Waals surface area (Å²) in [6.07, 6.45) is 1.01. The Morgan fingerprint density at radius 3 is 2.75 bits per heavy atom. The van der Waals surface area contributed by atoms with Crippen LogP contribution in [0.15, 0.2) is 0 Å². The standard InChI is InChI=1S/C12H21NO3/c1-11(2,3)16-10(14)13-6-9-5-12(9,7-13)8-15-4/h9H,5-8H2,1-4H3. The molecule has 1 saturated carbocycles. The van der Waals surface area contributed by atoms with E-state index in [1.807, 2.05) is 25.7 Å². The highest BCUT2D eigenvalue weighted by atomic mass is 16.6. The molecule has 4 nitrogen and oxygen atoms in total. The molecule has 2 unspecified atom stereocenters. The zero-order valence-corrected chi connectivity index (χ0v) is 10.6. The third-order valence-electron chi connectivity index (χ3n) is 3.39. The second-order valence-electron chi connectivity index (χ2n) is 6.06. The maximum Gasteiger partial charge on any atom is 0.410 e. The average molecular weight is 227 g/mol. The molecule has 0 aromatic heterocycles. The van der Waals surface area contributed by atoms with Gasteiger partial charge in [0.15, 0.2) is 0 Å². The number of nitrogens with zero attached hydrogens (tertiary/aromatic N) is 1. The van der Waals surface area contributed by atoms with Gasteiger partial charge in [0.05, 0.1) is 6.61 Å². The first-order valence-corrected chi connectivity index (χ1v) is 5.83. The number of ether oxygens (including phenoxy) is 2. The maximum atomic E-state index is 11.8. The fourth-order valence-electron chi connectivity index (χ4n) is 2.57. The zero-order chi connectivity index (χ0) is 12.0. The lowest BCUT2D eigenvalue weighted by molar-refractivity contribution is 0.0244. The van der Waals surface area contributed by atoms with Crippen molar-refractivity contribution < 1.29 is 14.3 Å². The Morgan fingerprint density at radius 2 is 2.19 bits per heavy atom. The van der Waals surface area contributed by atoms with Gasteiger partial charge in [0.2, 0.25) is 0 Å². The normalized spacial score (nSPS) is 32.5. The fraction of sp³-hybridized carbons (Fsp3) is 0.917. The summed E-state index contributed by atoms with van der Waals surface area (Å²) in [5, 5.41) is 0. The third-order valence-corrected chi connectivity index (χ3v) is 3.39. The molecule has 1 aliphatic carbocycles. The van der Waals surface area contributed by atoms with E-state index < -0.39 is 5.60 Å². The molecule has 2 rings (SSSR count). The number of methoxy groups -OCH3 is 1. The first kappa shape index (κ1) is 11.7. The van der Waals surface area contributed by atoms with Gasteiger partial charge in [0.25, 0.3) is 0 Å². The van der Waals surface area contributed by atoms with Crippen LogP contribution >= 0.6 is 0 Å². The highest BCUT2D eigenvalue weighted by molar-refractivity contribution is 5.69. The topological polar surface area (TPSA) is 38.8 Å². The SMILES string of the molecule is COCC12CC1CN(C(=O)OC(C)(C)C)C2. The lowest BCUT2D eigenvalue weighted by Crippen LogP contribution is -2.37. The molecule has 4 heteroatoms. The van der Waals surface area contributed by atoms with Gasteiger partial charge in [-0.25, -0.2) is 4.79 Å². The van der Waals surface area contributed by atoms with Crippen molar-refractivity contribution in [3.63, 3.8) is 0 Å². The van der Waals surface area contributed by atoms with E-state index in [0.717, 1.165) is 19.7 Å². The van der Waals surface area contributed by atoms with Gasteiger partial charge in [-0.1, -0.05) is 0 Å². The van der Waals surface area contributed by atoms with Gasteiger partial charge >= 0.3 is 6.09 Å². The molecule has 1 heterocycles. The van der Waals surface area contributed by atoms with E-state index in [-0.39, 0.29) is 11.5 Å².